The summed E-state index contributed by atoms with van der Waals surface area (Å²) in [7, 11) is 0. The van der Waals surface area contributed by atoms with Crippen LogP contribution in [-0.2, 0) is 9.53 Å². The Kier molecular flexibility index (Phi) is 2.87. The third-order valence-electron chi connectivity index (χ3n) is 2.10. The van der Waals surface area contributed by atoms with Gasteiger partial charge < -0.3 is 25.2 Å². The van der Waals surface area contributed by atoms with Crippen molar-refractivity contribution in [3.63, 3.8) is 0 Å². The lowest BCUT2D eigenvalue weighted by atomic mass is 9.96. The van der Waals surface area contributed by atoms with Crippen LogP contribution in [0.5, 0.6) is 0 Å². The van der Waals surface area contributed by atoms with Gasteiger partial charge in [-0.25, -0.2) is 4.79 Å². The summed E-state index contributed by atoms with van der Waals surface area (Å²) in [6, 6.07) is 0. The van der Waals surface area contributed by atoms with Crippen molar-refractivity contribution in [3.05, 3.63) is 0 Å². The van der Waals surface area contributed by atoms with Crippen molar-refractivity contribution in [1.82, 2.24) is 0 Å². The molecule has 5 atom stereocenters. The SMILES string of the molecule is CC1OC(C(=O)O)[C@@H](O)[C@H](O)C1O. The van der Waals surface area contributed by atoms with E-state index in [9.17, 15) is 20.1 Å². The molecule has 1 fully saturated rings. The smallest absolute Gasteiger partial charge is 0.335 e. The Labute approximate surface area is 74.4 Å². The van der Waals surface area contributed by atoms with E-state index in [1.165, 1.54) is 6.92 Å². The first kappa shape index (κ1) is 10.4. The summed E-state index contributed by atoms with van der Waals surface area (Å²) in [4.78, 5) is 10.5. The molecule has 3 unspecified atom stereocenters. The fraction of sp³-hybridized carbons (Fsp3) is 0.857. The summed E-state index contributed by atoms with van der Waals surface area (Å²) in [5.41, 5.74) is 0. The molecule has 0 bridgehead atoms. The standard InChI is InChI=1S/C7H12O6/c1-2-3(8)4(9)5(10)6(13-2)7(11)12/h2-6,8-10H,1H3,(H,11,12)/t2?,3?,4-,5+,6?/m1/s1. The molecule has 1 saturated heterocycles. The minimum Gasteiger partial charge on any atom is -0.479 e. The van der Waals surface area contributed by atoms with Crippen LogP contribution in [0.15, 0.2) is 0 Å². The van der Waals surface area contributed by atoms with Gasteiger partial charge in [0.15, 0.2) is 6.10 Å². The van der Waals surface area contributed by atoms with E-state index in [0.717, 1.165) is 0 Å². The molecule has 76 valence electrons. The molecular weight excluding hydrogens is 180 g/mol. The molecule has 6 heteroatoms. The van der Waals surface area contributed by atoms with E-state index < -0.39 is 36.5 Å². The second-order valence-corrected chi connectivity index (χ2v) is 3.07. The van der Waals surface area contributed by atoms with E-state index in [1.807, 2.05) is 0 Å². The van der Waals surface area contributed by atoms with Crippen molar-refractivity contribution in [2.24, 2.45) is 0 Å². The van der Waals surface area contributed by atoms with Crippen LogP contribution in [0.3, 0.4) is 0 Å². The van der Waals surface area contributed by atoms with Gasteiger partial charge in [0, 0.05) is 0 Å². The highest BCUT2D eigenvalue weighted by atomic mass is 16.6. The van der Waals surface area contributed by atoms with Gasteiger partial charge in [-0.3, -0.25) is 0 Å². The molecule has 1 heterocycles. The van der Waals surface area contributed by atoms with Crippen molar-refractivity contribution in [3.8, 4) is 0 Å². The third kappa shape index (κ3) is 1.80. The molecule has 0 aromatic heterocycles. The zero-order valence-electron chi connectivity index (χ0n) is 6.99. The highest BCUT2D eigenvalue weighted by Gasteiger charge is 2.44. The van der Waals surface area contributed by atoms with Crippen LogP contribution in [0.1, 0.15) is 6.92 Å². The Morgan fingerprint density at radius 1 is 1.15 bits per heavy atom. The molecule has 4 N–H and O–H groups in total. The molecule has 0 amide bonds. The van der Waals surface area contributed by atoms with Crippen molar-refractivity contribution < 1.29 is 30.0 Å². The van der Waals surface area contributed by atoms with E-state index in [4.69, 9.17) is 9.84 Å². The predicted octanol–water partition coefficient (Wildman–Crippen LogP) is -2.06. The van der Waals surface area contributed by atoms with E-state index in [2.05, 4.69) is 0 Å². The number of aliphatic hydroxyl groups excluding tert-OH is 3. The van der Waals surface area contributed by atoms with E-state index >= 15 is 0 Å². The van der Waals surface area contributed by atoms with Crippen molar-refractivity contribution in [2.75, 3.05) is 0 Å². The first-order valence-corrected chi connectivity index (χ1v) is 3.87. The number of aliphatic hydroxyl groups is 3. The predicted molar refractivity (Wildman–Crippen MR) is 40.0 cm³/mol. The fourth-order valence-corrected chi connectivity index (χ4v) is 1.26. The Hall–Kier alpha value is -0.690. The molecule has 0 aromatic rings. The number of rotatable bonds is 1. The molecule has 0 aliphatic carbocycles. The van der Waals surface area contributed by atoms with E-state index in [-0.39, 0.29) is 0 Å². The van der Waals surface area contributed by atoms with Gasteiger partial charge in [-0.05, 0) is 6.92 Å². The Balaban J connectivity index is 2.76. The van der Waals surface area contributed by atoms with Gasteiger partial charge in [-0.1, -0.05) is 0 Å². The molecule has 1 aliphatic rings. The van der Waals surface area contributed by atoms with Crippen LogP contribution in [0, 0.1) is 0 Å². The van der Waals surface area contributed by atoms with Gasteiger partial charge in [-0.15, -0.1) is 0 Å². The van der Waals surface area contributed by atoms with E-state index in [1.54, 1.807) is 0 Å². The number of carboxylic acid groups (broad SMARTS) is 1. The number of hydrogen-bond donors (Lipinski definition) is 4. The molecule has 6 nitrogen and oxygen atoms in total. The summed E-state index contributed by atoms with van der Waals surface area (Å²) in [5, 5.41) is 36.1. The highest BCUT2D eigenvalue weighted by molar-refractivity contribution is 5.73. The summed E-state index contributed by atoms with van der Waals surface area (Å²) in [6.07, 6.45) is -6.62. The number of hydrogen-bond acceptors (Lipinski definition) is 5. The van der Waals surface area contributed by atoms with Crippen molar-refractivity contribution >= 4 is 5.97 Å². The van der Waals surface area contributed by atoms with E-state index in [0.29, 0.717) is 0 Å². The first-order valence-electron chi connectivity index (χ1n) is 3.87. The Morgan fingerprint density at radius 2 is 1.69 bits per heavy atom. The second-order valence-electron chi connectivity index (χ2n) is 3.07. The van der Waals surface area contributed by atoms with Crippen LogP contribution in [0.25, 0.3) is 0 Å². The van der Waals surface area contributed by atoms with Crippen LogP contribution in [-0.4, -0.2) is 56.9 Å². The monoisotopic (exact) mass is 192 g/mol. The van der Waals surface area contributed by atoms with Gasteiger partial charge in [0.25, 0.3) is 0 Å². The van der Waals surface area contributed by atoms with Gasteiger partial charge in [0.1, 0.15) is 18.3 Å². The molecular formula is C7H12O6. The lowest BCUT2D eigenvalue weighted by molar-refractivity contribution is -0.223. The maximum absolute atomic E-state index is 10.5. The summed E-state index contributed by atoms with van der Waals surface area (Å²) >= 11 is 0. The maximum atomic E-state index is 10.5. The second kappa shape index (κ2) is 3.59. The largest absolute Gasteiger partial charge is 0.479 e. The highest BCUT2D eigenvalue weighted by Crippen LogP contribution is 2.20. The maximum Gasteiger partial charge on any atom is 0.335 e. The lowest BCUT2D eigenvalue weighted by Gasteiger charge is -2.37. The topological polar surface area (TPSA) is 107 Å². The van der Waals surface area contributed by atoms with Crippen LogP contribution in [0.4, 0.5) is 0 Å². The molecule has 0 saturated carbocycles. The summed E-state index contributed by atoms with van der Waals surface area (Å²) in [6.45, 7) is 1.43. The minimum atomic E-state index is -1.59. The number of ether oxygens (including phenoxy) is 1. The van der Waals surface area contributed by atoms with Gasteiger partial charge >= 0.3 is 5.97 Å². The Morgan fingerprint density at radius 3 is 2.15 bits per heavy atom. The quantitative estimate of drug-likeness (QED) is 0.380. The Bertz CT molecular complexity index is 205. The summed E-state index contributed by atoms with van der Waals surface area (Å²) in [5.74, 6) is -1.36. The summed E-state index contributed by atoms with van der Waals surface area (Å²) < 4.78 is 4.78. The number of carbonyl (C=O) groups is 1. The van der Waals surface area contributed by atoms with Crippen LogP contribution < -0.4 is 0 Å². The van der Waals surface area contributed by atoms with Crippen molar-refractivity contribution in [2.45, 2.75) is 37.4 Å². The molecule has 1 aliphatic heterocycles. The zero-order valence-corrected chi connectivity index (χ0v) is 6.99. The third-order valence-corrected chi connectivity index (χ3v) is 2.10. The number of carboxylic acids is 1. The molecule has 0 aromatic carbocycles. The lowest BCUT2D eigenvalue weighted by Crippen LogP contribution is -2.58. The molecule has 1 rings (SSSR count). The average Bonchev–Trinajstić information content (AvgIpc) is 2.07. The zero-order chi connectivity index (χ0) is 10.2. The van der Waals surface area contributed by atoms with Crippen LogP contribution >= 0.6 is 0 Å². The average molecular weight is 192 g/mol. The van der Waals surface area contributed by atoms with Gasteiger partial charge in [-0.2, -0.15) is 0 Å². The number of aliphatic carboxylic acids is 1. The van der Waals surface area contributed by atoms with Crippen LogP contribution in [0.2, 0.25) is 0 Å². The minimum absolute atomic E-state index is 0.806. The van der Waals surface area contributed by atoms with Gasteiger partial charge in [0.05, 0.1) is 6.10 Å². The normalized spacial score (nSPS) is 46.0. The van der Waals surface area contributed by atoms with Gasteiger partial charge in [0.2, 0.25) is 0 Å². The molecule has 0 spiro atoms. The molecule has 0 radical (unpaired) electrons. The molecule has 13 heavy (non-hydrogen) atoms. The fourth-order valence-electron chi connectivity index (χ4n) is 1.26. The first-order chi connectivity index (χ1) is 5.95. The van der Waals surface area contributed by atoms with Crippen molar-refractivity contribution in [1.29, 1.82) is 0 Å².